The highest BCUT2D eigenvalue weighted by Crippen LogP contribution is 2.44. The van der Waals surface area contributed by atoms with Gasteiger partial charge in [0.1, 0.15) is 23.1 Å². The van der Waals surface area contributed by atoms with Gasteiger partial charge in [-0.05, 0) is 135 Å². The summed E-state index contributed by atoms with van der Waals surface area (Å²) in [7, 11) is 0. The number of nitrogens with two attached hydrogens (primary N) is 1. The summed E-state index contributed by atoms with van der Waals surface area (Å²) in [5.41, 5.74) is 13.0. The first-order valence-corrected chi connectivity index (χ1v) is 40.0. The minimum atomic E-state index is -1.39. The number of amides is 8. The number of carboxylic acid groups (broad SMARTS) is 1. The smallest absolute Gasteiger partial charge is 0.336 e. The number of ether oxygens (including phenoxy) is 6. The monoisotopic (exact) mass is 1620 g/mol. The fourth-order valence-electron chi connectivity index (χ4n) is 14.9. The van der Waals surface area contributed by atoms with E-state index in [1.54, 1.807) is 33.8 Å². The molecule has 0 aromatic heterocycles. The average molecular weight is 1630 g/mol. The highest BCUT2D eigenvalue weighted by Gasteiger charge is 2.41. The number of primary amides is 1. The molecule has 1 saturated heterocycles. The lowest BCUT2D eigenvalue weighted by atomic mass is 9.90. The number of phenols is 1. The molecule has 0 radical (unpaired) electrons. The molecule has 8 amide bonds. The Kier molecular flexibility index (Phi) is 27.6. The molecule has 118 heavy (non-hydrogen) atoms. The third-order valence-corrected chi connectivity index (χ3v) is 21.8. The quantitative estimate of drug-likeness (QED) is 0.00919. The number of aromatic carboxylic acids is 1. The van der Waals surface area contributed by atoms with E-state index in [1.165, 1.54) is 48.5 Å². The van der Waals surface area contributed by atoms with E-state index in [4.69, 9.17) is 38.6 Å². The lowest BCUT2D eigenvalue weighted by molar-refractivity contribution is -0.134. The highest BCUT2D eigenvalue weighted by atomic mass is 32.2. The lowest BCUT2D eigenvalue weighted by Gasteiger charge is -2.28. The van der Waals surface area contributed by atoms with E-state index in [0.29, 0.717) is 58.4 Å². The van der Waals surface area contributed by atoms with Crippen molar-refractivity contribution in [2.75, 3.05) is 63.8 Å². The third kappa shape index (κ3) is 21.3. The Labute approximate surface area is 687 Å². The number of hydrogen-bond acceptors (Lipinski definition) is 20. The zero-order valence-electron chi connectivity index (χ0n) is 67.0. The van der Waals surface area contributed by atoms with Crippen LogP contribution in [-0.4, -0.2) is 148 Å². The van der Waals surface area contributed by atoms with Crippen molar-refractivity contribution in [1.82, 2.24) is 30.7 Å². The first-order valence-electron chi connectivity index (χ1n) is 39.0. The van der Waals surface area contributed by atoms with Gasteiger partial charge in [-0.1, -0.05) is 129 Å². The van der Waals surface area contributed by atoms with Crippen LogP contribution < -0.4 is 60.4 Å². The van der Waals surface area contributed by atoms with Crippen molar-refractivity contribution in [1.29, 1.82) is 0 Å². The van der Waals surface area contributed by atoms with Gasteiger partial charge in [0.2, 0.25) is 67.6 Å². The number of imide groups is 1. The van der Waals surface area contributed by atoms with Crippen molar-refractivity contribution < 1.29 is 86.2 Å². The molecule has 0 spiro atoms. The Hall–Kier alpha value is -12.7. The van der Waals surface area contributed by atoms with Crippen molar-refractivity contribution >= 4 is 81.6 Å². The molecule has 0 saturated carbocycles. The number of rotatable bonds is 36. The molecule has 1 aliphatic carbocycles. The van der Waals surface area contributed by atoms with Gasteiger partial charge in [0.05, 0.1) is 40.2 Å². The second-order valence-electron chi connectivity index (χ2n) is 30.3. The maximum absolute atomic E-state index is 15.1. The van der Waals surface area contributed by atoms with Crippen molar-refractivity contribution in [2.45, 2.75) is 112 Å². The number of nitrogens with zero attached hydrogens (tertiary/aromatic N) is 4. The van der Waals surface area contributed by atoms with Crippen molar-refractivity contribution in [3.05, 3.63) is 224 Å². The zero-order valence-corrected chi connectivity index (χ0v) is 67.8. The summed E-state index contributed by atoms with van der Waals surface area (Å²) in [4.78, 5) is 143. The molecule has 1 fully saturated rings. The Balaban J connectivity index is 0.646. The number of carbonyl (C=O) groups excluding carboxylic acids is 8. The Morgan fingerprint density at radius 1 is 0.576 bits per heavy atom. The molecule has 616 valence electrons. The molecule has 12 rings (SSSR count). The van der Waals surface area contributed by atoms with Gasteiger partial charge >= 0.3 is 5.97 Å². The van der Waals surface area contributed by atoms with E-state index < -0.39 is 64.6 Å². The maximum Gasteiger partial charge on any atom is 0.336 e. The van der Waals surface area contributed by atoms with Crippen molar-refractivity contribution in [3.63, 3.8) is 0 Å². The van der Waals surface area contributed by atoms with E-state index in [2.05, 4.69) is 16.0 Å². The number of benzene rings is 7. The summed E-state index contributed by atoms with van der Waals surface area (Å²) in [6.07, 6.45) is 7.27. The summed E-state index contributed by atoms with van der Waals surface area (Å²) in [5.74, 6) is -3.83. The molecule has 5 aliphatic heterocycles. The normalized spacial score (nSPS) is 15.7. The number of hydrogen-bond donors (Lipinski definition) is 6. The van der Waals surface area contributed by atoms with Crippen LogP contribution in [0.15, 0.2) is 195 Å². The number of carboxylic acids is 1. The molecule has 0 bridgehead atoms. The summed E-state index contributed by atoms with van der Waals surface area (Å²) >= 11 is 0.929. The number of phenolic OH excluding ortho intramolecular Hbond substituents is 1. The van der Waals surface area contributed by atoms with Crippen LogP contribution in [0.5, 0.6) is 40.2 Å². The maximum atomic E-state index is 15.1. The molecule has 1 unspecified atom stereocenters. The highest BCUT2D eigenvalue weighted by molar-refractivity contribution is 8.00. The van der Waals surface area contributed by atoms with E-state index in [9.17, 15) is 53.4 Å². The number of carbonyl (C=O) groups is 9. The van der Waals surface area contributed by atoms with Gasteiger partial charge in [-0.15, -0.1) is 11.8 Å². The molecular weight excluding hydrogens is 1530 g/mol. The van der Waals surface area contributed by atoms with Crippen molar-refractivity contribution in [2.24, 2.45) is 29.4 Å². The molecule has 6 aromatic carbocycles. The van der Waals surface area contributed by atoms with Gasteiger partial charge in [-0.25, -0.2) is 9.69 Å². The van der Waals surface area contributed by atoms with Crippen LogP contribution in [0.3, 0.4) is 0 Å². The Bertz CT molecular complexity index is 5330. The molecule has 6 aliphatic rings. The largest absolute Gasteiger partial charge is 0.508 e. The average Bonchev–Trinajstić information content (AvgIpc) is 1.11. The molecular formula is C90H96N8O19S. The number of anilines is 1. The minimum Gasteiger partial charge on any atom is -0.508 e. The van der Waals surface area contributed by atoms with Crippen LogP contribution in [0.25, 0.3) is 33.4 Å². The van der Waals surface area contributed by atoms with Gasteiger partial charge in [0, 0.05) is 106 Å². The van der Waals surface area contributed by atoms with Gasteiger partial charge in [-0.3, -0.25) is 43.2 Å². The number of aromatic hydroxyl groups is 1. The van der Waals surface area contributed by atoms with E-state index in [-0.39, 0.29) is 154 Å². The summed E-state index contributed by atoms with van der Waals surface area (Å²) in [6.45, 7) is 17.8. The molecule has 28 heteroatoms. The Morgan fingerprint density at radius 2 is 1.09 bits per heavy atom. The van der Waals surface area contributed by atoms with E-state index in [1.807, 2.05) is 152 Å². The van der Waals surface area contributed by atoms with Crippen LogP contribution in [0.1, 0.15) is 107 Å². The number of nitrogens with one attached hydrogen (secondary N) is 3. The van der Waals surface area contributed by atoms with Crippen LogP contribution >= 0.6 is 11.8 Å². The standard InChI is InChI=1S/C90H96N8O19S/c1-52(40-92-41-61-16-25-72-77(33-61)114-49-111-72)29-57(6)86(105)96(46-62-17-26-73-78(34-62)115-50-112-73)43-55(4)32-59(8)88(107)97(47-63-18-27-74-79(35-63)116-51-113-74)44-54(3)31-58(7)87(106)95(45-60-13-10-9-11-14-60)42-53(2)30-56(5)85(104)93-28-12-15-81(101)94-71(84(91)103)48-118-80-39-82(102)98(89(80)108)64-19-22-67(70(36-64)90(109)110)83-68-23-20-65(99)37-75(68)117-76-38-66(100)21-24-69(76)83/h9-11,13-14,16-27,29-38,56-59,71,80,92,99H,12,15,28,39-51H2,1-8H3,(H2,91,103)(H,93,104)(H,94,101)(H,109,110)/b52-29+,53-30+,54-31+,55-32+/t56-,57-,58+,59+,71+,80?/m1/s1. The second-order valence-corrected chi connectivity index (χ2v) is 31.5. The van der Waals surface area contributed by atoms with Crippen LogP contribution in [-0.2, 0) is 64.5 Å². The topological polar surface area (TPSA) is 355 Å². The molecule has 5 heterocycles. The van der Waals surface area contributed by atoms with Gasteiger partial charge in [-0.2, -0.15) is 0 Å². The van der Waals surface area contributed by atoms with Crippen LogP contribution in [0.2, 0.25) is 0 Å². The minimum absolute atomic E-state index is 0.0265. The van der Waals surface area contributed by atoms with Crippen LogP contribution in [0, 0.1) is 23.7 Å². The van der Waals surface area contributed by atoms with E-state index in [0.717, 1.165) is 67.0 Å². The first kappa shape index (κ1) is 84.7. The molecule has 6 atom stereocenters. The van der Waals surface area contributed by atoms with Gasteiger partial charge in [0.15, 0.2) is 39.9 Å². The third-order valence-electron chi connectivity index (χ3n) is 20.5. The summed E-state index contributed by atoms with van der Waals surface area (Å²) in [6, 6.07) is 37.7. The molecule has 6 aromatic rings. The fraction of sp³-hybridized carbons (Fsp3) is 0.333. The number of thioether (sulfide) groups is 1. The Morgan fingerprint density at radius 3 is 1.65 bits per heavy atom. The lowest BCUT2D eigenvalue weighted by Crippen LogP contribution is -2.46. The SMILES string of the molecule is C/C(=C\[C@@H](C)C(=O)N(C/C(C)=C/[C@H](C)C(=O)N(C/C(C)=C/[C@H](C)C(=O)N(C/C(C)=C/[C@@H](C)C(=O)NCCCC(=O)N[C@@H](CSC1CC(=O)N(c2ccc(-c3c4ccc(=O)cc-4oc4cc(O)ccc34)c(C(=O)O)c2)C1=O)C(N)=O)Cc1ccccc1)Cc1ccc2c(c1)OCO2)Cc1ccc2c(c1)OCO2)CNCc1ccc2c(c1)OCO2. The van der Waals surface area contributed by atoms with Gasteiger partial charge in [0.25, 0.3) is 0 Å². The first-order chi connectivity index (χ1) is 56.6. The molecule has 7 N–H and O–H groups in total. The van der Waals surface area contributed by atoms with Gasteiger partial charge < -0.3 is 79.4 Å². The number of fused-ring (bicyclic) bond motifs is 5. The second kappa shape index (κ2) is 38.4. The summed E-state index contributed by atoms with van der Waals surface area (Å²) in [5, 5.41) is 29.1. The van der Waals surface area contributed by atoms with Crippen LogP contribution in [0.4, 0.5) is 5.69 Å². The predicted molar refractivity (Wildman–Crippen MR) is 444 cm³/mol. The van der Waals surface area contributed by atoms with Crippen molar-refractivity contribution in [3.8, 4) is 62.7 Å². The summed E-state index contributed by atoms with van der Waals surface area (Å²) < 4.78 is 39.6. The zero-order chi connectivity index (χ0) is 84.0. The van der Waals surface area contributed by atoms with E-state index >= 15 is 4.79 Å². The molecule has 27 nitrogen and oxygen atoms in total. The predicted octanol–water partition coefficient (Wildman–Crippen LogP) is 11.6. The fourth-order valence-corrected chi connectivity index (χ4v) is 16.1.